The number of amides is 1. The van der Waals surface area contributed by atoms with Crippen LogP contribution in [0, 0.1) is 11.6 Å². The predicted molar refractivity (Wildman–Crippen MR) is 218 cm³/mol. The molecule has 55 heavy (non-hydrogen) atoms. The van der Waals surface area contributed by atoms with Gasteiger partial charge in [-0.1, -0.05) is 90.1 Å². The number of ether oxygens (including phenoxy) is 2. The van der Waals surface area contributed by atoms with E-state index in [0.29, 0.717) is 11.7 Å². The first kappa shape index (κ1) is 44.5. The number of hydrogen-bond donors (Lipinski definition) is 4. The van der Waals surface area contributed by atoms with E-state index in [1.165, 1.54) is 41.3 Å². The molecule has 9 heteroatoms. The van der Waals surface area contributed by atoms with Gasteiger partial charge in [0.25, 0.3) is 0 Å². The summed E-state index contributed by atoms with van der Waals surface area (Å²) in [6.07, 6.45) is 7.33. The van der Waals surface area contributed by atoms with E-state index in [4.69, 9.17) is 15.2 Å². The first-order chi connectivity index (χ1) is 25.8. The molecule has 0 heterocycles. The Hall–Kier alpha value is -3.21. The van der Waals surface area contributed by atoms with E-state index in [1.54, 1.807) is 14.2 Å². The van der Waals surface area contributed by atoms with Crippen LogP contribution in [0.1, 0.15) is 128 Å². The Morgan fingerprint density at radius 1 is 0.800 bits per heavy atom. The SMILES string of the molecule is COC1CCC(N)(c2cccc(C(C)(C)C)c2)CC1.COC1CCC(NCC(O)C(Cc2cc(F)cc(F)c2)NC(C)=O)(c2cccc(C(C)(C)C)c2)CC1. The quantitative estimate of drug-likeness (QED) is 0.156. The lowest BCUT2D eigenvalue weighted by Gasteiger charge is -2.42. The molecular weight excluding hydrogens is 697 g/mol. The van der Waals surface area contributed by atoms with Crippen molar-refractivity contribution in [1.82, 2.24) is 10.6 Å². The molecule has 2 atom stereocenters. The average Bonchev–Trinajstić information content (AvgIpc) is 3.13. The van der Waals surface area contributed by atoms with Gasteiger partial charge in [0, 0.05) is 44.8 Å². The molecule has 0 aliphatic heterocycles. The summed E-state index contributed by atoms with van der Waals surface area (Å²) in [5.41, 5.74) is 11.7. The molecule has 7 nitrogen and oxygen atoms in total. The van der Waals surface area contributed by atoms with E-state index < -0.39 is 23.8 Å². The van der Waals surface area contributed by atoms with Crippen molar-refractivity contribution in [2.45, 2.75) is 153 Å². The molecule has 2 aliphatic carbocycles. The topological polar surface area (TPSA) is 106 Å². The summed E-state index contributed by atoms with van der Waals surface area (Å²) in [6, 6.07) is 20.0. The van der Waals surface area contributed by atoms with Gasteiger partial charge >= 0.3 is 0 Å². The predicted octanol–water partition coefficient (Wildman–Crippen LogP) is 8.47. The summed E-state index contributed by atoms with van der Waals surface area (Å²) in [4.78, 5) is 11.9. The van der Waals surface area contributed by atoms with Gasteiger partial charge in [-0.05, 0) is 109 Å². The third-order valence-electron chi connectivity index (χ3n) is 11.7. The van der Waals surface area contributed by atoms with Crippen LogP contribution in [0.4, 0.5) is 8.78 Å². The Balaban J connectivity index is 0.000000296. The molecule has 0 spiro atoms. The highest BCUT2D eigenvalue weighted by molar-refractivity contribution is 5.73. The lowest BCUT2D eigenvalue weighted by molar-refractivity contribution is -0.120. The number of carbonyl (C=O) groups is 1. The van der Waals surface area contributed by atoms with Crippen molar-refractivity contribution in [3.05, 3.63) is 106 Å². The molecule has 3 aromatic carbocycles. The van der Waals surface area contributed by atoms with E-state index in [9.17, 15) is 18.7 Å². The largest absolute Gasteiger partial charge is 0.390 e. The molecule has 304 valence electrons. The Morgan fingerprint density at radius 3 is 1.75 bits per heavy atom. The van der Waals surface area contributed by atoms with Crippen LogP contribution in [-0.2, 0) is 42.6 Å². The van der Waals surface area contributed by atoms with Crippen molar-refractivity contribution in [3.63, 3.8) is 0 Å². The maximum Gasteiger partial charge on any atom is 0.217 e. The number of nitrogens with two attached hydrogens (primary N) is 1. The van der Waals surface area contributed by atoms with Crippen LogP contribution < -0.4 is 16.4 Å². The van der Waals surface area contributed by atoms with Crippen molar-refractivity contribution in [2.24, 2.45) is 5.73 Å². The fraction of sp³-hybridized carbons (Fsp3) is 0.587. The van der Waals surface area contributed by atoms with E-state index in [0.717, 1.165) is 57.4 Å². The fourth-order valence-corrected chi connectivity index (χ4v) is 8.07. The second-order valence-electron chi connectivity index (χ2n) is 18.0. The number of hydrogen-bond acceptors (Lipinski definition) is 6. The first-order valence-corrected chi connectivity index (χ1v) is 20.0. The van der Waals surface area contributed by atoms with Gasteiger partial charge in [0.1, 0.15) is 11.6 Å². The van der Waals surface area contributed by atoms with Crippen molar-refractivity contribution in [1.29, 1.82) is 0 Å². The second-order valence-corrected chi connectivity index (χ2v) is 18.0. The molecule has 0 aromatic heterocycles. The van der Waals surface area contributed by atoms with Gasteiger partial charge in [0.15, 0.2) is 0 Å². The minimum absolute atomic E-state index is 0.00280. The van der Waals surface area contributed by atoms with E-state index in [1.807, 2.05) is 0 Å². The van der Waals surface area contributed by atoms with Crippen LogP contribution in [0.5, 0.6) is 0 Å². The van der Waals surface area contributed by atoms with Crippen molar-refractivity contribution < 1.29 is 28.2 Å². The first-order valence-electron chi connectivity index (χ1n) is 20.0. The zero-order valence-corrected chi connectivity index (χ0v) is 34.7. The third kappa shape index (κ3) is 12.4. The minimum atomic E-state index is -0.969. The molecule has 5 N–H and O–H groups in total. The fourth-order valence-electron chi connectivity index (χ4n) is 8.07. The normalized spacial score (nSPS) is 24.3. The molecule has 5 rings (SSSR count). The summed E-state index contributed by atoms with van der Waals surface area (Å²) in [7, 11) is 3.54. The number of aliphatic hydroxyl groups is 1. The monoisotopic (exact) mass is 764 g/mol. The Morgan fingerprint density at radius 2 is 1.27 bits per heavy atom. The summed E-state index contributed by atoms with van der Waals surface area (Å²) >= 11 is 0. The van der Waals surface area contributed by atoms with Gasteiger partial charge in [0.2, 0.25) is 5.91 Å². The summed E-state index contributed by atoms with van der Waals surface area (Å²) in [6.45, 7) is 14.9. The van der Waals surface area contributed by atoms with Gasteiger partial charge in [-0.15, -0.1) is 0 Å². The van der Waals surface area contributed by atoms with Crippen molar-refractivity contribution in [2.75, 3.05) is 20.8 Å². The van der Waals surface area contributed by atoms with Gasteiger partial charge < -0.3 is 30.9 Å². The number of methoxy groups -OCH3 is 2. The highest BCUT2D eigenvalue weighted by Crippen LogP contribution is 2.40. The van der Waals surface area contributed by atoms with E-state index in [2.05, 4.69) is 101 Å². The molecule has 2 saturated carbocycles. The van der Waals surface area contributed by atoms with Crippen LogP contribution in [0.25, 0.3) is 0 Å². The van der Waals surface area contributed by atoms with E-state index in [-0.39, 0.29) is 46.9 Å². The number of rotatable bonds is 11. The molecule has 0 saturated heterocycles. The molecule has 2 unspecified atom stereocenters. The van der Waals surface area contributed by atoms with Crippen LogP contribution in [0.3, 0.4) is 0 Å². The van der Waals surface area contributed by atoms with Gasteiger partial charge in [0.05, 0.1) is 24.4 Å². The van der Waals surface area contributed by atoms with Crippen LogP contribution in [0.15, 0.2) is 66.7 Å². The summed E-state index contributed by atoms with van der Waals surface area (Å²) in [5, 5.41) is 17.5. The van der Waals surface area contributed by atoms with Crippen LogP contribution >= 0.6 is 0 Å². The summed E-state index contributed by atoms with van der Waals surface area (Å²) < 4.78 is 38.5. The molecule has 1 amide bonds. The zero-order chi connectivity index (χ0) is 40.6. The minimum Gasteiger partial charge on any atom is -0.390 e. The van der Waals surface area contributed by atoms with Crippen LogP contribution in [0.2, 0.25) is 0 Å². The third-order valence-corrected chi connectivity index (χ3v) is 11.7. The van der Waals surface area contributed by atoms with Crippen molar-refractivity contribution >= 4 is 5.91 Å². The zero-order valence-electron chi connectivity index (χ0n) is 34.7. The van der Waals surface area contributed by atoms with Gasteiger partial charge in [-0.25, -0.2) is 8.78 Å². The molecule has 2 aliphatic rings. The molecule has 2 fully saturated rings. The highest BCUT2D eigenvalue weighted by Gasteiger charge is 2.38. The summed E-state index contributed by atoms with van der Waals surface area (Å²) in [5.74, 6) is -1.69. The molecule has 3 aromatic rings. The van der Waals surface area contributed by atoms with Crippen LogP contribution in [-0.4, -0.2) is 56.1 Å². The van der Waals surface area contributed by atoms with Gasteiger partial charge in [-0.3, -0.25) is 4.79 Å². The average molecular weight is 764 g/mol. The number of aliphatic hydroxyl groups excluding tert-OH is 1. The Labute approximate surface area is 329 Å². The Bertz CT molecular complexity index is 1660. The number of nitrogens with one attached hydrogen (secondary N) is 2. The number of halogens is 2. The molecular formula is C46H67F2N3O4. The smallest absolute Gasteiger partial charge is 0.217 e. The molecule has 0 bridgehead atoms. The number of benzene rings is 3. The van der Waals surface area contributed by atoms with E-state index >= 15 is 0 Å². The maximum absolute atomic E-state index is 13.7. The number of carbonyl (C=O) groups excluding carboxylic acids is 1. The standard InChI is InChI=1S/C29H40F2N2O3.C17H27NO/c1-19(34)33-26(15-20-13-23(30)17-24(31)14-20)27(35)18-32-29(11-9-25(36-5)10-12-29)22-8-6-7-21(16-22)28(2,3)4;1-16(2,3)13-6-5-7-14(12-13)17(18)10-8-15(19-4)9-11-17/h6-8,13-14,16-17,25-27,32,35H,9-12,15,18H2,1-5H3,(H,33,34);5-7,12,15H,8-11,18H2,1-4H3. The maximum atomic E-state index is 13.7. The lowest BCUT2D eigenvalue weighted by Crippen LogP contribution is -2.53. The van der Waals surface area contributed by atoms with Gasteiger partial charge in [-0.2, -0.15) is 0 Å². The molecule has 0 radical (unpaired) electrons. The highest BCUT2D eigenvalue weighted by atomic mass is 19.1. The lowest BCUT2D eigenvalue weighted by atomic mass is 9.73. The second kappa shape index (κ2) is 18.8. The Kier molecular flexibility index (Phi) is 15.2. The van der Waals surface area contributed by atoms with Crippen molar-refractivity contribution in [3.8, 4) is 0 Å².